The maximum absolute atomic E-state index is 15.1. The van der Waals surface area contributed by atoms with Crippen LogP contribution in [-0.2, 0) is 6.54 Å². The highest BCUT2D eigenvalue weighted by Crippen LogP contribution is 2.31. The monoisotopic (exact) mass is 511 g/mol. The smallest absolute Gasteiger partial charge is 0.324 e. The Labute approximate surface area is 203 Å². The average Bonchev–Trinajstić information content (AvgIpc) is 3.34. The zero-order valence-electron chi connectivity index (χ0n) is 18.7. The van der Waals surface area contributed by atoms with Gasteiger partial charge in [0.1, 0.15) is 11.6 Å². The summed E-state index contributed by atoms with van der Waals surface area (Å²) in [6, 6.07) is 7.12. The van der Waals surface area contributed by atoms with Crippen molar-refractivity contribution in [1.82, 2.24) is 20.0 Å². The van der Waals surface area contributed by atoms with Gasteiger partial charge in [-0.3, -0.25) is 4.90 Å². The standard InChI is InChI=1S/C23H22ClF4N5O2/c1-2-31-7-9-32(10-8-31)23(34)33(19-6-5-16(25)12-17(19)24)13-15-4-3-14(11-18(15)26)21-29-30-22(35-21)20(27)28/h3-6,11-12,20H,2,7-10,13H2,1H3. The van der Waals surface area contributed by atoms with Gasteiger partial charge in [0, 0.05) is 37.3 Å². The molecule has 0 N–H and O–H groups in total. The predicted molar refractivity (Wildman–Crippen MR) is 121 cm³/mol. The highest BCUT2D eigenvalue weighted by atomic mass is 35.5. The summed E-state index contributed by atoms with van der Waals surface area (Å²) in [4.78, 5) is 18.6. The molecule has 4 rings (SSSR count). The summed E-state index contributed by atoms with van der Waals surface area (Å²) in [5.41, 5.74) is 0.472. The zero-order chi connectivity index (χ0) is 25.1. The van der Waals surface area contributed by atoms with Gasteiger partial charge < -0.3 is 14.2 Å². The van der Waals surface area contributed by atoms with Crippen LogP contribution in [0.25, 0.3) is 11.5 Å². The van der Waals surface area contributed by atoms with Gasteiger partial charge in [0.05, 0.1) is 17.3 Å². The van der Waals surface area contributed by atoms with E-state index in [2.05, 4.69) is 15.1 Å². The molecule has 0 aliphatic carbocycles. The fourth-order valence-corrected chi connectivity index (χ4v) is 4.07. The molecule has 35 heavy (non-hydrogen) atoms. The number of halogens is 5. The van der Waals surface area contributed by atoms with Crippen LogP contribution >= 0.6 is 11.6 Å². The maximum Gasteiger partial charge on any atom is 0.324 e. The molecule has 1 aliphatic rings. The van der Waals surface area contributed by atoms with Gasteiger partial charge in [-0.2, -0.15) is 8.78 Å². The number of carbonyl (C=O) groups is 1. The number of nitrogens with zero attached hydrogens (tertiary/aromatic N) is 5. The first-order valence-electron chi connectivity index (χ1n) is 10.9. The molecule has 186 valence electrons. The van der Waals surface area contributed by atoms with Crippen molar-refractivity contribution in [2.45, 2.75) is 19.9 Å². The van der Waals surface area contributed by atoms with Crippen molar-refractivity contribution < 1.29 is 26.8 Å². The Morgan fingerprint density at radius 1 is 1.11 bits per heavy atom. The normalized spacial score (nSPS) is 14.5. The van der Waals surface area contributed by atoms with Gasteiger partial charge in [0.15, 0.2) is 0 Å². The Hall–Kier alpha value is -3.18. The number of amides is 2. The number of hydrogen-bond acceptors (Lipinski definition) is 5. The molecule has 0 radical (unpaired) electrons. The van der Waals surface area contributed by atoms with E-state index in [9.17, 15) is 18.0 Å². The Bertz CT molecular complexity index is 1200. The second-order valence-corrected chi connectivity index (χ2v) is 8.35. The summed E-state index contributed by atoms with van der Waals surface area (Å²) in [5.74, 6) is -2.41. The van der Waals surface area contributed by atoms with Crippen molar-refractivity contribution in [2.24, 2.45) is 0 Å². The van der Waals surface area contributed by atoms with E-state index >= 15 is 4.39 Å². The number of benzene rings is 2. The van der Waals surface area contributed by atoms with Crippen LogP contribution < -0.4 is 4.90 Å². The van der Waals surface area contributed by atoms with Crippen molar-refractivity contribution in [3.05, 3.63) is 64.5 Å². The number of aromatic nitrogens is 2. The van der Waals surface area contributed by atoms with Gasteiger partial charge in [-0.15, -0.1) is 10.2 Å². The molecule has 7 nitrogen and oxygen atoms in total. The summed E-state index contributed by atoms with van der Waals surface area (Å²) < 4.78 is 59.0. The lowest BCUT2D eigenvalue weighted by Gasteiger charge is -2.37. The molecular formula is C23H22ClF4N5O2. The van der Waals surface area contributed by atoms with Gasteiger partial charge in [0.2, 0.25) is 5.89 Å². The Morgan fingerprint density at radius 3 is 2.46 bits per heavy atom. The van der Waals surface area contributed by atoms with Crippen molar-refractivity contribution in [1.29, 1.82) is 0 Å². The third-order valence-electron chi connectivity index (χ3n) is 5.78. The number of rotatable bonds is 6. The Morgan fingerprint density at radius 2 is 1.86 bits per heavy atom. The van der Waals surface area contributed by atoms with Crippen LogP contribution in [0, 0.1) is 11.6 Å². The third-order valence-corrected chi connectivity index (χ3v) is 6.08. The van der Waals surface area contributed by atoms with Crippen LogP contribution in [0.1, 0.15) is 24.8 Å². The summed E-state index contributed by atoms with van der Waals surface area (Å²) in [6.07, 6.45) is -2.94. The summed E-state index contributed by atoms with van der Waals surface area (Å²) >= 11 is 6.25. The van der Waals surface area contributed by atoms with Gasteiger partial charge in [0.25, 0.3) is 5.89 Å². The molecule has 1 fully saturated rings. The van der Waals surface area contributed by atoms with Gasteiger partial charge in [-0.25, -0.2) is 13.6 Å². The van der Waals surface area contributed by atoms with Crippen LogP contribution in [0.15, 0.2) is 40.8 Å². The second-order valence-electron chi connectivity index (χ2n) is 7.94. The molecule has 1 saturated heterocycles. The van der Waals surface area contributed by atoms with Crippen LogP contribution in [0.2, 0.25) is 5.02 Å². The molecule has 0 spiro atoms. The van der Waals surface area contributed by atoms with E-state index in [-0.39, 0.29) is 34.3 Å². The SMILES string of the molecule is CCN1CCN(C(=O)N(Cc2ccc(-c3nnc(C(F)F)o3)cc2F)c2ccc(F)cc2Cl)CC1. The fourth-order valence-electron chi connectivity index (χ4n) is 3.80. The topological polar surface area (TPSA) is 65.7 Å². The molecule has 2 aromatic carbocycles. The number of urea groups is 1. The summed E-state index contributed by atoms with van der Waals surface area (Å²) in [7, 11) is 0. The Balaban J connectivity index is 1.62. The lowest BCUT2D eigenvalue weighted by atomic mass is 10.1. The highest BCUT2D eigenvalue weighted by molar-refractivity contribution is 6.33. The fraction of sp³-hybridized carbons (Fsp3) is 0.348. The number of piperazine rings is 1. The summed E-state index contributed by atoms with van der Waals surface area (Å²) in [6.45, 7) is 5.06. The van der Waals surface area contributed by atoms with Crippen LogP contribution in [0.5, 0.6) is 0 Å². The van der Waals surface area contributed by atoms with Crippen molar-refractivity contribution in [2.75, 3.05) is 37.6 Å². The lowest BCUT2D eigenvalue weighted by Crippen LogP contribution is -2.52. The van der Waals surface area contributed by atoms with E-state index in [0.29, 0.717) is 26.2 Å². The molecule has 1 aliphatic heterocycles. The van der Waals surface area contributed by atoms with Crippen LogP contribution in [0.4, 0.5) is 28.0 Å². The molecule has 12 heteroatoms. The van der Waals surface area contributed by atoms with Crippen molar-refractivity contribution >= 4 is 23.3 Å². The number of carbonyl (C=O) groups excluding carboxylic acids is 1. The van der Waals surface area contributed by atoms with E-state index in [0.717, 1.165) is 18.7 Å². The number of anilines is 1. The maximum atomic E-state index is 15.1. The largest absolute Gasteiger partial charge is 0.415 e. The predicted octanol–water partition coefficient (Wildman–Crippen LogP) is 5.37. The minimum atomic E-state index is -2.94. The molecule has 1 aromatic heterocycles. The molecule has 2 heterocycles. The first-order valence-corrected chi connectivity index (χ1v) is 11.3. The summed E-state index contributed by atoms with van der Waals surface area (Å²) in [5, 5.41) is 6.76. The van der Waals surface area contributed by atoms with E-state index < -0.39 is 30.0 Å². The van der Waals surface area contributed by atoms with E-state index in [4.69, 9.17) is 16.0 Å². The van der Waals surface area contributed by atoms with Crippen molar-refractivity contribution in [3.63, 3.8) is 0 Å². The molecule has 0 saturated carbocycles. The van der Waals surface area contributed by atoms with Crippen LogP contribution in [-0.4, -0.2) is 58.8 Å². The minimum absolute atomic E-state index is 0.00737. The van der Waals surface area contributed by atoms with E-state index in [1.807, 2.05) is 6.92 Å². The number of hydrogen-bond donors (Lipinski definition) is 0. The number of likely N-dealkylation sites (N-methyl/N-ethyl adjacent to an activating group) is 1. The molecule has 0 atom stereocenters. The number of alkyl halides is 2. The molecule has 0 bridgehead atoms. The lowest BCUT2D eigenvalue weighted by molar-refractivity contribution is 0.116. The third kappa shape index (κ3) is 5.57. The van der Waals surface area contributed by atoms with Gasteiger partial charge >= 0.3 is 12.5 Å². The quantitative estimate of drug-likeness (QED) is 0.416. The van der Waals surface area contributed by atoms with E-state index in [1.54, 1.807) is 4.90 Å². The average molecular weight is 512 g/mol. The molecule has 3 aromatic rings. The van der Waals surface area contributed by atoms with Gasteiger partial charge in [-0.1, -0.05) is 24.6 Å². The van der Waals surface area contributed by atoms with Crippen molar-refractivity contribution in [3.8, 4) is 11.5 Å². The highest BCUT2D eigenvalue weighted by Gasteiger charge is 2.28. The zero-order valence-corrected chi connectivity index (χ0v) is 19.5. The molecule has 2 amide bonds. The van der Waals surface area contributed by atoms with E-state index in [1.165, 1.54) is 29.2 Å². The minimum Gasteiger partial charge on any atom is -0.415 e. The first-order chi connectivity index (χ1) is 16.8. The first kappa shape index (κ1) is 24.9. The Kier molecular flexibility index (Phi) is 7.56. The van der Waals surface area contributed by atoms with Crippen LogP contribution in [0.3, 0.4) is 0 Å². The van der Waals surface area contributed by atoms with Gasteiger partial charge in [-0.05, 0) is 36.9 Å². The molecule has 0 unspecified atom stereocenters. The second kappa shape index (κ2) is 10.6. The molecular weight excluding hydrogens is 490 g/mol.